The van der Waals surface area contributed by atoms with Gasteiger partial charge < -0.3 is 9.47 Å². The van der Waals surface area contributed by atoms with Gasteiger partial charge in [-0.1, -0.05) is 23.6 Å². The van der Waals surface area contributed by atoms with E-state index in [1.807, 2.05) is 36.4 Å². The van der Waals surface area contributed by atoms with E-state index in [0.29, 0.717) is 29.3 Å². The number of fused-ring (bicyclic) bond motifs is 1. The van der Waals surface area contributed by atoms with Gasteiger partial charge in [0.05, 0.1) is 19.8 Å². The Morgan fingerprint density at radius 2 is 1.90 bits per heavy atom. The van der Waals surface area contributed by atoms with Crippen LogP contribution in [-0.2, 0) is 4.74 Å². The zero-order valence-corrected chi connectivity index (χ0v) is 16.6. The number of pyridine rings is 1. The zero-order chi connectivity index (χ0) is 19.9. The third-order valence-corrected chi connectivity index (χ3v) is 4.75. The van der Waals surface area contributed by atoms with Crippen molar-refractivity contribution in [1.82, 2.24) is 19.9 Å². The molecule has 2 aromatic heterocycles. The number of rotatable bonds is 5. The summed E-state index contributed by atoms with van der Waals surface area (Å²) in [6.07, 6.45) is 2.62. The highest BCUT2D eigenvalue weighted by Gasteiger charge is 2.12. The predicted octanol–water partition coefficient (Wildman–Crippen LogP) is 2.83. The Balaban J connectivity index is 1.50. The predicted molar refractivity (Wildman–Crippen MR) is 112 cm³/mol. The smallest absolute Gasteiger partial charge is 0.249 e. The first kappa shape index (κ1) is 19.3. The molecule has 6 nitrogen and oxygen atoms in total. The molecule has 0 saturated carbocycles. The van der Waals surface area contributed by atoms with Gasteiger partial charge in [-0.3, -0.25) is 4.90 Å². The van der Waals surface area contributed by atoms with E-state index in [9.17, 15) is 0 Å². The third-order valence-electron chi connectivity index (χ3n) is 4.75. The zero-order valence-electron chi connectivity index (χ0n) is 16.6. The van der Waals surface area contributed by atoms with Crippen molar-refractivity contribution >= 4 is 11.2 Å². The number of benzene rings is 1. The molecule has 0 bridgehead atoms. The fourth-order valence-corrected chi connectivity index (χ4v) is 3.11. The summed E-state index contributed by atoms with van der Waals surface area (Å²) in [6, 6.07) is 11.8. The third kappa shape index (κ3) is 5.29. The Bertz CT molecular complexity index is 1020. The van der Waals surface area contributed by atoms with Gasteiger partial charge in [-0.25, -0.2) is 15.0 Å². The van der Waals surface area contributed by atoms with E-state index < -0.39 is 0 Å². The SMILES string of the molecule is Cc1ccc(C#Cc2nc3ncccc3nc2OCCCN2CCOCC2)cc1. The topological polar surface area (TPSA) is 60.4 Å². The average molecular weight is 388 g/mol. The van der Waals surface area contributed by atoms with E-state index in [4.69, 9.17) is 9.47 Å². The van der Waals surface area contributed by atoms with Gasteiger partial charge in [0.15, 0.2) is 11.3 Å². The van der Waals surface area contributed by atoms with E-state index in [1.165, 1.54) is 5.56 Å². The van der Waals surface area contributed by atoms with Gasteiger partial charge in [0.25, 0.3) is 0 Å². The first-order valence-electron chi connectivity index (χ1n) is 9.92. The summed E-state index contributed by atoms with van der Waals surface area (Å²) in [5.41, 5.74) is 3.92. The summed E-state index contributed by atoms with van der Waals surface area (Å²) in [5, 5.41) is 0. The number of ether oxygens (including phenoxy) is 2. The molecule has 6 heteroatoms. The summed E-state index contributed by atoms with van der Waals surface area (Å²) in [4.78, 5) is 15.9. The highest BCUT2D eigenvalue weighted by atomic mass is 16.5. The largest absolute Gasteiger partial charge is 0.476 e. The van der Waals surface area contributed by atoms with Crippen LogP contribution in [0, 0.1) is 18.8 Å². The van der Waals surface area contributed by atoms with Crippen molar-refractivity contribution in [2.45, 2.75) is 13.3 Å². The summed E-state index contributed by atoms with van der Waals surface area (Å²) in [7, 11) is 0. The van der Waals surface area contributed by atoms with Gasteiger partial charge >= 0.3 is 0 Å². The molecule has 148 valence electrons. The van der Waals surface area contributed by atoms with Crippen LogP contribution in [0.25, 0.3) is 11.2 Å². The fraction of sp³-hybridized carbons (Fsp3) is 0.348. The second-order valence-corrected chi connectivity index (χ2v) is 7.00. The molecule has 0 N–H and O–H groups in total. The van der Waals surface area contributed by atoms with Crippen molar-refractivity contribution in [3.8, 4) is 17.7 Å². The lowest BCUT2D eigenvalue weighted by Crippen LogP contribution is -2.37. The number of hydrogen-bond donors (Lipinski definition) is 0. The lowest BCUT2D eigenvalue weighted by atomic mass is 10.1. The van der Waals surface area contributed by atoms with Crippen LogP contribution in [0.2, 0.25) is 0 Å². The first-order valence-corrected chi connectivity index (χ1v) is 9.92. The van der Waals surface area contributed by atoms with Crippen LogP contribution in [0.5, 0.6) is 5.88 Å². The lowest BCUT2D eigenvalue weighted by molar-refractivity contribution is 0.0357. The quantitative estimate of drug-likeness (QED) is 0.495. The highest BCUT2D eigenvalue weighted by Crippen LogP contribution is 2.17. The molecule has 0 spiro atoms. The van der Waals surface area contributed by atoms with Crippen LogP contribution < -0.4 is 4.74 Å². The molecule has 0 amide bonds. The number of aromatic nitrogens is 3. The van der Waals surface area contributed by atoms with Gasteiger partial charge in [0.1, 0.15) is 5.52 Å². The summed E-state index contributed by atoms with van der Waals surface area (Å²) < 4.78 is 11.4. The van der Waals surface area contributed by atoms with Crippen LogP contribution >= 0.6 is 0 Å². The highest BCUT2D eigenvalue weighted by molar-refractivity contribution is 5.71. The molecule has 1 aliphatic heterocycles. The molecule has 1 aromatic carbocycles. The molecule has 0 radical (unpaired) electrons. The second kappa shape index (κ2) is 9.46. The molecule has 29 heavy (non-hydrogen) atoms. The number of nitrogens with zero attached hydrogens (tertiary/aromatic N) is 4. The van der Waals surface area contributed by atoms with Crippen molar-refractivity contribution in [1.29, 1.82) is 0 Å². The first-order chi connectivity index (χ1) is 14.3. The minimum absolute atomic E-state index is 0.465. The molecule has 0 atom stereocenters. The minimum Gasteiger partial charge on any atom is -0.476 e. The molecule has 1 fully saturated rings. The van der Waals surface area contributed by atoms with Crippen LogP contribution in [0.3, 0.4) is 0 Å². The monoisotopic (exact) mass is 388 g/mol. The molecule has 1 aliphatic rings. The number of hydrogen-bond acceptors (Lipinski definition) is 6. The molecular weight excluding hydrogens is 364 g/mol. The van der Waals surface area contributed by atoms with Crippen LogP contribution in [-0.4, -0.2) is 59.3 Å². The van der Waals surface area contributed by atoms with Gasteiger partial charge in [-0.15, -0.1) is 0 Å². The van der Waals surface area contributed by atoms with E-state index in [2.05, 4.69) is 38.6 Å². The van der Waals surface area contributed by atoms with Gasteiger partial charge in [-0.05, 0) is 43.5 Å². The molecule has 0 aliphatic carbocycles. The molecular formula is C23H24N4O2. The minimum atomic E-state index is 0.465. The molecule has 3 aromatic rings. The Morgan fingerprint density at radius 1 is 1.07 bits per heavy atom. The Hall–Kier alpha value is -3.01. The molecule has 4 rings (SSSR count). The number of aryl methyl sites for hydroxylation is 1. The molecule has 3 heterocycles. The maximum absolute atomic E-state index is 5.98. The van der Waals surface area contributed by atoms with Crippen molar-refractivity contribution in [3.63, 3.8) is 0 Å². The van der Waals surface area contributed by atoms with Gasteiger partial charge in [0.2, 0.25) is 5.88 Å². The maximum Gasteiger partial charge on any atom is 0.249 e. The normalized spacial score (nSPS) is 14.4. The van der Waals surface area contributed by atoms with Crippen molar-refractivity contribution in [2.75, 3.05) is 39.5 Å². The average Bonchev–Trinajstić information content (AvgIpc) is 2.77. The summed E-state index contributed by atoms with van der Waals surface area (Å²) in [6.45, 7) is 7.18. The molecule has 1 saturated heterocycles. The second-order valence-electron chi connectivity index (χ2n) is 7.00. The summed E-state index contributed by atoms with van der Waals surface area (Å²) in [5.74, 6) is 6.73. The van der Waals surface area contributed by atoms with Crippen molar-refractivity contribution in [2.24, 2.45) is 0 Å². The van der Waals surface area contributed by atoms with Gasteiger partial charge in [-0.2, -0.15) is 0 Å². The fourth-order valence-electron chi connectivity index (χ4n) is 3.11. The standard InChI is InChI=1S/C23H24N4O2/c1-18-5-7-19(8-6-18)9-10-21-23(26-20-4-2-11-24-22(20)25-21)29-15-3-12-27-13-16-28-17-14-27/h2,4-8,11H,3,12-17H2,1H3. The van der Waals surface area contributed by atoms with Crippen LogP contribution in [0.15, 0.2) is 42.6 Å². The molecule has 0 unspecified atom stereocenters. The van der Waals surface area contributed by atoms with E-state index in [0.717, 1.165) is 44.8 Å². The lowest BCUT2D eigenvalue weighted by Gasteiger charge is -2.26. The van der Waals surface area contributed by atoms with Crippen molar-refractivity contribution < 1.29 is 9.47 Å². The van der Waals surface area contributed by atoms with Crippen molar-refractivity contribution in [3.05, 3.63) is 59.4 Å². The Labute approximate surface area is 170 Å². The van der Waals surface area contributed by atoms with E-state index in [-0.39, 0.29) is 0 Å². The Kier molecular flexibility index (Phi) is 6.30. The van der Waals surface area contributed by atoms with E-state index >= 15 is 0 Å². The van der Waals surface area contributed by atoms with E-state index in [1.54, 1.807) is 6.20 Å². The summed E-state index contributed by atoms with van der Waals surface area (Å²) >= 11 is 0. The maximum atomic E-state index is 5.98. The number of morpholine rings is 1. The Morgan fingerprint density at radius 3 is 2.72 bits per heavy atom. The van der Waals surface area contributed by atoms with Crippen LogP contribution in [0.1, 0.15) is 23.2 Å². The van der Waals surface area contributed by atoms with Gasteiger partial charge in [0, 0.05) is 31.4 Å². The van der Waals surface area contributed by atoms with Crippen LogP contribution in [0.4, 0.5) is 0 Å².